The number of nitrogens with zero attached hydrogens (tertiary/aromatic N) is 3. The molecule has 0 radical (unpaired) electrons. The lowest BCUT2D eigenvalue weighted by atomic mass is 10.2. The molecule has 0 spiro atoms. The van der Waals surface area contributed by atoms with Crippen LogP contribution in [0, 0.1) is 0 Å². The molecule has 1 heterocycles. The maximum Gasteiger partial charge on any atom is 0.111 e. The van der Waals surface area contributed by atoms with Gasteiger partial charge in [-0.1, -0.05) is 5.21 Å². The van der Waals surface area contributed by atoms with Crippen molar-refractivity contribution in [2.75, 3.05) is 26.9 Å². The van der Waals surface area contributed by atoms with E-state index in [0.29, 0.717) is 38.5 Å². The normalized spacial score (nSPS) is 10.9. The smallest absolute Gasteiger partial charge is 0.111 e. The van der Waals surface area contributed by atoms with Crippen molar-refractivity contribution in [1.82, 2.24) is 15.0 Å². The Hall–Kier alpha value is -0.980. The molecule has 0 amide bonds. The molecule has 92 valence electrons. The highest BCUT2D eigenvalue weighted by molar-refractivity contribution is 5.09. The van der Waals surface area contributed by atoms with Gasteiger partial charge in [-0.2, -0.15) is 0 Å². The molecule has 6 heteroatoms. The number of rotatable bonds is 8. The van der Waals surface area contributed by atoms with Gasteiger partial charge in [0.2, 0.25) is 0 Å². The SMILES string of the molecule is CCOCCn1nnc(CO)c1CCOC. The summed E-state index contributed by atoms with van der Waals surface area (Å²) in [7, 11) is 1.65. The van der Waals surface area contributed by atoms with Crippen LogP contribution in [0.5, 0.6) is 0 Å². The van der Waals surface area contributed by atoms with E-state index in [1.165, 1.54) is 0 Å². The lowest BCUT2D eigenvalue weighted by Crippen LogP contribution is -2.12. The Morgan fingerprint density at radius 3 is 2.81 bits per heavy atom. The quantitative estimate of drug-likeness (QED) is 0.635. The molecule has 0 aliphatic carbocycles. The number of aromatic nitrogens is 3. The lowest BCUT2D eigenvalue weighted by molar-refractivity contribution is 0.134. The summed E-state index contributed by atoms with van der Waals surface area (Å²) >= 11 is 0. The van der Waals surface area contributed by atoms with Crippen molar-refractivity contribution in [2.45, 2.75) is 26.5 Å². The summed E-state index contributed by atoms with van der Waals surface area (Å²) in [6.07, 6.45) is 0.700. The zero-order valence-corrected chi connectivity index (χ0v) is 9.85. The summed E-state index contributed by atoms with van der Waals surface area (Å²) in [6, 6.07) is 0. The summed E-state index contributed by atoms with van der Waals surface area (Å²) in [5, 5.41) is 17.0. The van der Waals surface area contributed by atoms with E-state index in [0.717, 1.165) is 5.69 Å². The maximum atomic E-state index is 9.11. The Morgan fingerprint density at radius 2 is 2.19 bits per heavy atom. The van der Waals surface area contributed by atoms with Crippen LogP contribution in [0.2, 0.25) is 0 Å². The summed E-state index contributed by atoms with van der Waals surface area (Å²) < 4.78 is 12.0. The molecule has 1 aromatic rings. The van der Waals surface area contributed by atoms with Gasteiger partial charge < -0.3 is 14.6 Å². The fraction of sp³-hybridized carbons (Fsp3) is 0.800. The molecule has 1 rings (SSSR count). The Balaban J connectivity index is 2.62. The van der Waals surface area contributed by atoms with Gasteiger partial charge in [-0.3, -0.25) is 0 Å². The van der Waals surface area contributed by atoms with E-state index >= 15 is 0 Å². The largest absolute Gasteiger partial charge is 0.390 e. The number of hydrogen-bond donors (Lipinski definition) is 1. The lowest BCUT2D eigenvalue weighted by Gasteiger charge is -2.07. The predicted molar refractivity (Wildman–Crippen MR) is 58.0 cm³/mol. The molecule has 1 aromatic heterocycles. The Kier molecular flexibility index (Phi) is 5.99. The first-order valence-corrected chi connectivity index (χ1v) is 5.42. The molecular formula is C10H19N3O3. The number of aliphatic hydroxyl groups excluding tert-OH is 1. The van der Waals surface area contributed by atoms with Crippen molar-refractivity contribution in [2.24, 2.45) is 0 Å². The van der Waals surface area contributed by atoms with Gasteiger partial charge in [0.25, 0.3) is 0 Å². The predicted octanol–water partition coefficient (Wildman–Crippen LogP) is -0.00420. The third kappa shape index (κ3) is 3.55. The van der Waals surface area contributed by atoms with Crippen LogP contribution in [-0.2, 0) is 29.0 Å². The number of aliphatic hydroxyl groups is 1. The monoisotopic (exact) mass is 229 g/mol. The zero-order valence-electron chi connectivity index (χ0n) is 9.85. The minimum Gasteiger partial charge on any atom is -0.390 e. The van der Waals surface area contributed by atoms with Gasteiger partial charge in [0, 0.05) is 20.1 Å². The van der Waals surface area contributed by atoms with Crippen LogP contribution in [0.3, 0.4) is 0 Å². The van der Waals surface area contributed by atoms with Crippen LogP contribution in [0.15, 0.2) is 0 Å². The molecule has 1 N–H and O–H groups in total. The van der Waals surface area contributed by atoms with Gasteiger partial charge >= 0.3 is 0 Å². The van der Waals surface area contributed by atoms with Crippen molar-refractivity contribution in [1.29, 1.82) is 0 Å². The molecule has 6 nitrogen and oxygen atoms in total. The van der Waals surface area contributed by atoms with E-state index in [4.69, 9.17) is 14.6 Å². The highest BCUT2D eigenvalue weighted by Crippen LogP contribution is 2.06. The van der Waals surface area contributed by atoms with Gasteiger partial charge in [0.1, 0.15) is 5.69 Å². The van der Waals surface area contributed by atoms with E-state index in [2.05, 4.69) is 10.3 Å². The first-order valence-electron chi connectivity index (χ1n) is 5.42. The van der Waals surface area contributed by atoms with Crippen LogP contribution >= 0.6 is 0 Å². The van der Waals surface area contributed by atoms with Gasteiger partial charge in [0.15, 0.2) is 0 Å². The Morgan fingerprint density at radius 1 is 1.38 bits per heavy atom. The molecule has 0 bridgehead atoms. The van der Waals surface area contributed by atoms with Gasteiger partial charge in [-0.05, 0) is 6.92 Å². The maximum absolute atomic E-state index is 9.11. The zero-order chi connectivity index (χ0) is 11.8. The second-order valence-corrected chi connectivity index (χ2v) is 3.30. The first kappa shape index (κ1) is 13.1. The minimum absolute atomic E-state index is 0.0896. The van der Waals surface area contributed by atoms with Gasteiger partial charge in [-0.15, -0.1) is 5.10 Å². The van der Waals surface area contributed by atoms with Crippen LogP contribution in [0.4, 0.5) is 0 Å². The fourth-order valence-electron chi connectivity index (χ4n) is 1.44. The van der Waals surface area contributed by atoms with Crippen molar-refractivity contribution in [3.8, 4) is 0 Å². The number of methoxy groups -OCH3 is 1. The average Bonchev–Trinajstić information content (AvgIpc) is 2.69. The molecule has 16 heavy (non-hydrogen) atoms. The fourth-order valence-corrected chi connectivity index (χ4v) is 1.44. The number of hydrogen-bond acceptors (Lipinski definition) is 5. The molecule has 0 unspecified atom stereocenters. The molecule has 0 saturated heterocycles. The molecular weight excluding hydrogens is 210 g/mol. The highest BCUT2D eigenvalue weighted by atomic mass is 16.5. The van der Waals surface area contributed by atoms with Crippen molar-refractivity contribution >= 4 is 0 Å². The van der Waals surface area contributed by atoms with Crippen molar-refractivity contribution in [3.63, 3.8) is 0 Å². The van der Waals surface area contributed by atoms with Crippen molar-refractivity contribution in [3.05, 3.63) is 11.4 Å². The van der Waals surface area contributed by atoms with Gasteiger partial charge in [0.05, 0.1) is 32.1 Å². The van der Waals surface area contributed by atoms with Crippen LogP contribution in [0.25, 0.3) is 0 Å². The minimum atomic E-state index is -0.0896. The van der Waals surface area contributed by atoms with E-state index < -0.39 is 0 Å². The van der Waals surface area contributed by atoms with Crippen molar-refractivity contribution < 1.29 is 14.6 Å². The van der Waals surface area contributed by atoms with E-state index in [1.54, 1.807) is 11.8 Å². The molecule has 0 atom stereocenters. The van der Waals surface area contributed by atoms with Crippen LogP contribution in [-0.4, -0.2) is 47.0 Å². The molecule has 0 saturated carbocycles. The second-order valence-electron chi connectivity index (χ2n) is 3.30. The summed E-state index contributed by atoms with van der Waals surface area (Å²) in [5.74, 6) is 0. The first-order chi connectivity index (χ1) is 7.83. The molecule has 0 aliphatic rings. The molecule has 0 fully saturated rings. The summed E-state index contributed by atoms with van der Waals surface area (Å²) in [4.78, 5) is 0. The van der Waals surface area contributed by atoms with Gasteiger partial charge in [-0.25, -0.2) is 4.68 Å². The van der Waals surface area contributed by atoms with E-state index in [9.17, 15) is 0 Å². The highest BCUT2D eigenvalue weighted by Gasteiger charge is 2.11. The molecule has 0 aliphatic heterocycles. The average molecular weight is 229 g/mol. The Bertz CT molecular complexity index is 301. The van der Waals surface area contributed by atoms with Crippen LogP contribution in [0.1, 0.15) is 18.3 Å². The number of ether oxygens (including phenoxy) is 2. The third-order valence-corrected chi connectivity index (χ3v) is 2.26. The van der Waals surface area contributed by atoms with E-state index in [-0.39, 0.29) is 6.61 Å². The summed E-state index contributed by atoms with van der Waals surface area (Å²) in [5.41, 5.74) is 1.54. The Labute approximate surface area is 95.2 Å². The van der Waals surface area contributed by atoms with E-state index in [1.807, 2.05) is 6.92 Å². The standard InChI is InChI=1S/C10H19N3O3/c1-3-16-7-5-13-10(4-6-15-2)9(8-14)11-12-13/h14H,3-8H2,1-2H3. The van der Waals surface area contributed by atoms with Crippen LogP contribution < -0.4 is 0 Å². The topological polar surface area (TPSA) is 69.4 Å². The molecule has 0 aromatic carbocycles. The summed E-state index contributed by atoms with van der Waals surface area (Å²) in [6.45, 7) is 4.40. The second kappa shape index (κ2) is 7.32. The third-order valence-electron chi connectivity index (χ3n) is 2.26.